The van der Waals surface area contributed by atoms with Gasteiger partial charge in [0.1, 0.15) is 13.2 Å². The number of hydrogen-bond donors (Lipinski definition) is 3. The van der Waals surface area contributed by atoms with Crippen LogP contribution in [0, 0.1) is 10.7 Å². The fourth-order valence-electron chi connectivity index (χ4n) is 1.73. The Hall–Kier alpha value is -0.580. The van der Waals surface area contributed by atoms with Crippen molar-refractivity contribution in [1.29, 1.82) is 0 Å². The summed E-state index contributed by atoms with van der Waals surface area (Å²) in [5.74, 6) is -1.46. The second-order valence-electron chi connectivity index (χ2n) is 4.92. The average molecular weight is 687 g/mol. The number of carbonyl (C=O) groups excluding carboxylic acids is 3. The molecule has 0 heterocycles. The van der Waals surface area contributed by atoms with Gasteiger partial charge >= 0.3 is 11.9 Å². The van der Waals surface area contributed by atoms with Gasteiger partial charge < -0.3 is 26.3 Å². The summed E-state index contributed by atoms with van der Waals surface area (Å²) >= 11 is 5.97. The van der Waals surface area contributed by atoms with Crippen molar-refractivity contribution in [1.82, 2.24) is 5.32 Å². The molecule has 0 aliphatic rings. The molecule has 0 fully saturated rings. The van der Waals surface area contributed by atoms with Crippen molar-refractivity contribution in [3.8, 4) is 0 Å². The molecule has 1 rings (SSSR count). The first kappa shape index (κ1) is 22.5. The maximum Gasteiger partial charge on any atom is 0.302 e. The highest BCUT2D eigenvalue weighted by molar-refractivity contribution is 14.1. The summed E-state index contributed by atoms with van der Waals surface area (Å²) in [6.45, 7) is 2.24. The lowest BCUT2D eigenvalue weighted by atomic mass is 10.1. The predicted octanol–water partition coefficient (Wildman–Crippen LogP) is 1.89. The van der Waals surface area contributed by atoms with Gasteiger partial charge in [0.15, 0.2) is 0 Å². The van der Waals surface area contributed by atoms with E-state index in [1.165, 1.54) is 13.8 Å². The van der Waals surface area contributed by atoms with E-state index in [0.717, 1.165) is 0 Å². The van der Waals surface area contributed by atoms with Gasteiger partial charge in [0.2, 0.25) is 0 Å². The number of carbonyl (C=O) groups is 3. The standard InChI is InChI=1S/C14H16I3N3O5/c1-5(21)24-3-7(4-25-6(2)22)20-14(23)8-9(15)12(18)11(17)13(19)10(8)16/h7H,3-4,18-19H2,1-2H3,(H,20,23). The van der Waals surface area contributed by atoms with Crippen molar-refractivity contribution in [3.63, 3.8) is 0 Å². The lowest BCUT2D eigenvalue weighted by Crippen LogP contribution is -2.43. The van der Waals surface area contributed by atoms with Crippen LogP contribution < -0.4 is 16.8 Å². The van der Waals surface area contributed by atoms with Gasteiger partial charge in [0.25, 0.3) is 5.91 Å². The van der Waals surface area contributed by atoms with E-state index in [1.807, 2.05) is 67.8 Å². The van der Waals surface area contributed by atoms with Crippen molar-refractivity contribution in [2.45, 2.75) is 19.9 Å². The summed E-state index contributed by atoms with van der Waals surface area (Å²) < 4.78 is 11.6. The molecule has 8 nitrogen and oxygen atoms in total. The number of nitrogen functional groups attached to an aromatic ring is 2. The van der Waals surface area contributed by atoms with Gasteiger partial charge in [-0.25, -0.2) is 0 Å². The number of hydrogen-bond acceptors (Lipinski definition) is 7. The number of benzene rings is 1. The van der Waals surface area contributed by atoms with Crippen molar-refractivity contribution < 1.29 is 23.9 Å². The first-order chi connectivity index (χ1) is 11.6. The van der Waals surface area contributed by atoms with Crippen LogP contribution in [0.4, 0.5) is 11.4 Å². The second-order valence-corrected chi connectivity index (χ2v) is 8.16. The number of esters is 2. The van der Waals surface area contributed by atoms with Crippen LogP contribution >= 0.6 is 67.8 Å². The van der Waals surface area contributed by atoms with Gasteiger partial charge in [-0.05, 0) is 67.8 Å². The van der Waals surface area contributed by atoms with E-state index in [1.54, 1.807) is 0 Å². The van der Waals surface area contributed by atoms with E-state index in [9.17, 15) is 14.4 Å². The number of amides is 1. The van der Waals surface area contributed by atoms with Crippen LogP contribution in [0.5, 0.6) is 0 Å². The SMILES string of the molecule is CC(=O)OCC(COC(C)=O)NC(=O)c1c(I)c(N)c(I)c(N)c1I. The molecule has 0 atom stereocenters. The molecule has 0 aliphatic heterocycles. The number of anilines is 2. The molecule has 0 spiro atoms. The van der Waals surface area contributed by atoms with Gasteiger partial charge in [-0.1, -0.05) is 0 Å². The summed E-state index contributed by atoms with van der Waals surface area (Å²) in [6, 6.07) is -0.700. The molecule has 0 radical (unpaired) electrons. The van der Waals surface area contributed by atoms with E-state index < -0.39 is 23.9 Å². The van der Waals surface area contributed by atoms with Crippen LogP contribution in [0.1, 0.15) is 24.2 Å². The van der Waals surface area contributed by atoms with Crippen molar-refractivity contribution in [2.24, 2.45) is 0 Å². The molecule has 0 aliphatic carbocycles. The molecule has 138 valence electrons. The lowest BCUT2D eigenvalue weighted by Gasteiger charge is -2.20. The number of halogens is 3. The average Bonchev–Trinajstić information content (AvgIpc) is 2.53. The second kappa shape index (κ2) is 9.94. The number of ether oxygens (including phenoxy) is 2. The Morgan fingerprint density at radius 3 is 1.68 bits per heavy atom. The molecule has 0 saturated carbocycles. The Morgan fingerprint density at radius 2 is 1.32 bits per heavy atom. The fraction of sp³-hybridized carbons (Fsp3) is 0.357. The number of nitrogens with two attached hydrogens (primary N) is 2. The minimum absolute atomic E-state index is 0.128. The highest BCUT2D eigenvalue weighted by atomic mass is 127. The molecule has 0 aromatic heterocycles. The Labute approximate surface area is 185 Å². The van der Waals surface area contributed by atoms with E-state index >= 15 is 0 Å². The molecule has 1 aromatic carbocycles. The Morgan fingerprint density at radius 1 is 0.920 bits per heavy atom. The molecular formula is C14H16I3N3O5. The third-order valence-electron chi connectivity index (χ3n) is 2.92. The molecule has 0 saturated heterocycles. The fourth-order valence-corrected chi connectivity index (χ4v) is 5.38. The van der Waals surface area contributed by atoms with Crippen LogP contribution in [0.25, 0.3) is 0 Å². The van der Waals surface area contributed by atoms with Gasteiger partial charge in [-0.3, -0.25) is 14.4 Å². The lowest BCUT2D eigenvalue weighted by molar-refractivity contribution is -0.144. The Kier molecular flexibility index (Phi) is 8.93. The zero-order valence-electron chi connectivity index (χ0n) is 13.3. The van der Waals surface area contributed by atoms with Gasteiger partial charge in [0, 0.05) is 13.8 Å². The predicted molar refractivity (Wildman–Crippen MR) is 118 cm³/mol. The van der Waals surface area contributed by atoms with Crippen LogP contribution in [0.3, 0.4) is 0 Å². The summed E-state index contributed by atoms with van der Waals surface area (Å²) in [6.07, 6.45) is 0. The van der Waals surface area contributed by atoms with Crippen molar-refractivity contribution >= 4 is 97.0 Å². The largest absolute Gasteiger partial charge is 0.464 e. The van der Waals surface area contributed by atoms with Crippen molar-refractivity contribution in [2.75, 3.05) is 24.7 Å². The van der Waals surface area contributed by atoms with Crippen LogP contribution in [-0.2, 0) is 19.1 Å². The zero-order valence-corrected chi connectivity index (χ0v) is 19.8. The minimum Gasteiger partial charge on any atom is -0.464 e. The normalized spacial score (nSPS) is 10.5. The molecular weight excluding hydrogens is 671 g/mol. The van der Waals surface area contributed by atoms with Crippen LogP contribution in [0.2, 0.25) is 0 Å². The third kappa shape index (κ3) is 6.26. The Balaban J connectivity index is 3.07. The van der Waals surface area contributed by atoms with Crippen LogP contribution in [0.15, 0.2) is 0 Å². The van der Waals surface area contributed by atoms with Gasteiger partial charge in [0.05, 0.1) is 33.7 Å². The molecule has 25 heavy (non-hydrogen) atoms. The van der Waals surface area contributed by atoms with Gasteiger partial charge in [-0.2, -0.15) is 0 Å². The molecule has 5 N–H and O–H groups in total. The highest BCUT2D eigenvalue weighted by Crippen LogP contribution is 2.35. The first-order valence-corrected chi connectivity index (χ1v) is 10.1. The highest BCUT2D eigenvalue weighted by Gasteiger charge is 2.24. The number of nitrogens with one attached hydrogen (secondary N) is 1. The summed E-state index contributed by atoms with van der Waals surface area (Å²) in [7, 11) is 0. The molecule has 11 heteroatoms. The quantitative estimate of drug-likeness (QED) is 0.237. The van der Waals surface area contributed by atoms with Gasteiger partial charge in [-0.15, -0.1) is 0 Å². The maximum absolute atomic E-state index is 12.7. The summed E-state index contributed by atoms with van der Waals surface area (Å²) in [5.41, 5.74) is 13.2. The first-order valence-electron chi connectivity index (χ1n) is 6.85. The monoisotopic (exact) mass is 687 g/mol. The number of rotatable bonds is 6. The molecule has 0 unspecified atom stereocenters. The van der Waals surface area contributed by atoms with E-state index in [4.69, 9.17) is 20.9 Å². The third-order valence-corrected chi connectivity index (χ3v) is 6.33. The summed E-state index contributed by atoms with van der Waals surface area (Å²) in [5, 5.41) is 2.68. The molecule has 0 bridgehead atoms. The van der Waals surface area contributed by atoms with E-state index in [0.29, 0.717) is 27.6 Å². The topological polar surface area (TPSA) is 134 Å². The smallest absolute Gasteiger partial charge is 0.302 e. The molecule has 1 aromatic rings. The van der Waals surface area contributed by atoms with E-state index in [2.05, 4.69) is 5.32 Å². The Bertz CT molecular complexity index is 664. The molecule has 1 amide bonds. The van der Waals surface area contributed by atoms with E-state index in [-0.39, 0.29) is 13.2 Å². The van der Waals surface area contributed by atoms with Crippen molar-refractivity contribution in [3.05, 3.63) is 16.3 Å². The zero-order chi connectivity index (χ0) is 19.3. The van der Waals surface area contributed by atoms with Crippen LogP contribution in [-0.4, -0.2) is 37.1 Å². The maximum atomic E-state index is 12.7. The minimum atomic E-state index is -0.700. The summed E-state index contributed by atoms with van der Waals surface area (Å²) in [4.78, 5) is 34.7.